The van der Waals surface area contributed by atoms with Gasteiger partial charge in [0.05, 0.1) is 0 Å². The lowest BCUT2D eigenvalue weighted by Gasteiger charge is -2.30. The van der Waals surface area contributed by atoms with Crippen molar-refractivity contribution in [2.24, 2.45) is 11.7 Å². The lowest BCUT2D eigenvalue weighted by atomic mass is 9.94. The molecule has 0 aliphatic heterocycles. The van der Waals surface area contributed by atoms with Crippen molar-refractivity contribution in [3.8, 4) is 0 Å². The number of rotatable bonds is 5. The van der Waals surface area contributed by atoms with E-state index in [1.807, 2.05) is 0 Å². The Hall–Kier alpha value is -0.0800. The molecule has 0 saturated heterocycles. The van der Waals surface area contributed by atoms with Gasteiger partial charge in [-0.2, -0.15) is 0 Å². The molecule has 1 unspecified atom stereocenters. The van der Waals surface area contributed by atoms with E-state index in [4.69, 9.17) is 5.73 Å². The van der Waals surface area contributed by atoms with Gasteiger partial charge in [-0.15, -0.1) is 0 Å². The van der Waals surface area contributed by atoms with Crippen LogP contribution >= 0.6 is 0 Å². The van der Waals surface area contributed by atoms with Crippen LogP contribution in [0.2, 0.25) is 0 Å². The van der Waals surface area contributed by atoms with Crippen molar-refractivity contribution in [1.82, 2.24) is 4.90 Å². The highest BCUT2D eigenvalue weighted by Crippen LogP contribution is 2.35. The minimum atomic E-state index is 0.178. The summed E-state index contributed by atoms with van der Waals surface area (Å²) in [6.07, 6.45) is 9.27. The van der Waals surface area contributed by atoms with Crippen molar-refractivity contribution < 1.29 is 0 Å². The van der Waals surface area contributed by atoms with Crippen LogP contribution in [0.4, 0.5) is 0 Å². The predicted octanol–water partition coefficient (Wildman–Crippen LogP) is 2.38. The van der Waals surface area contributed by atoms with Crippen molar-refractivity contribution >= 4 is 0 Å². The molecular formula is C13H26N2. The molecule has 0 amide bonds. The molecule has 0 heterocycles. The highest BCUT2D eigenvalue weighted by molar-refractivity contribution is 4.91. The Kier molecular flexibility index (Phi) is 3.36. The molecule has 88 valence electrons. The van der Waals surface area contributed by atoms with Crippen molar-refractivity contribution in [3.05, 3.63) is 0 Å². The average molecular weight is 210 g/mol. The van der Waals surface area contributed by atoms with Crippen LogP contribution in [0.15, 0.2) is 0 Å². The van der Waals surface area contributed by atoms with Crippen LogP contribution in [-0.4, -0.2) is 30.1 Å². The molecule has 0 spiro atoms. The largest absolute Gasteiger partial charge is 0.325 e. The summed E-state index contributed by atoms with van der Waals surface area (Å²) in [5, 5.41) is 0. The number of nitrogens with zero attached hydrogens (tertiary/aromatic N) is 1. The third-order valence-electron chi connectivity index (χ3n) is 4.56. The molecule has 0 aromatic carbocycles. The van der Waals surface area contributed by atoms with Gasteiger partial charge in [0.1, 0.15) is 0 Å². The summed E-state index contributed by atoms with van der Waals surface area (Å²) in [6.45, 7) is 3.56. The molecule has 15 heavy (non-hydrogen) atoms. The van der Waals surface area contributed by atoms with Gasteiger partial charge in [0.25, 0.3) is 0 Å². The third kappa shape index (κ3) is 2.94. The maximum Gasteiger partial charge on any atom is 0.0166 e. The van der Waals surface area contributed by atoms with Crippen LogP contribution < -0.4 is 5.73 Å². The van der Waals surface area contributed by atoms with E-state index in [-0.39, 0.29) is 5.54 Å². The maximum atomic E-state index is 6.37. The summed E-state index contributed by atoms with van der Waals surface area (Å²) in [7, 11) is 2.27. The Labute approximate surface area is 94.2 Å². The van der Waals surface area contributed by atoms with Crippen LogP contribution in [0.5, 0.6) is 0 Å². The molecule has 2 fully saturated rings. The van der Waals surface area contributed by atoms with Gasteiger partial charge in [-0.05, 0) is 58.5 Å². The van der Waals surface area contributed by atoms with Gasteiger partial charge in [0, 0.05) is 11.6 Å². The van der Waals surface area contributed by atoms with Gasteiger partial charge in [0.2, 0.25) is 0 Å². The summed E-state index contributed by atoms with van der Waals surface area (Å²) in [5.41, 5.74) is 6.55. The van der Waals surface area contributed by atoms with Gasteiger partial charge in [-0.25, -0.2) is 0 Å². The van der Waals surface area contributed by atoms with Crippen molar-refractivity contribution in [1.29, 1.82) is 0 Å². The quantitative estimate of drug-likeness (QED) is 0.755. The first-order valence-corrected chi connectivity index (χ1v) is 6.60. The Bertz CT molecular complexity index is 205. The molecule has 0 aromatic rings. The summed E-state index contributed by atoms with van der Waals surface area (Å²) in [6, 6.07) is 0.773. The Morgan fingerprint density at radius 3 is 2.47 bits per heavy atom. The number of hydrogen-bond donors (Lipinski definition) is 1. The molecule has 0 radical (unpaired) electrons. The second-order valence-corrected chi connectivity index (χ2v) is 5.88. The summed E-state index contributed by atoms with van der Waals surface area (Å²) in [4.78, 5) is 2.52. The molecular weight excluding hydrogens is 184 g/mol. The fourth-order valence-electron chi connectivity index (χ4n) is 2.87. The zero-order valence-electron chi connectivity index (χ0n) is 10.3. The second-order valence-electron chi connectivity index (χ2n) is 5.88. The second kappa shape index (κ2) is 4.42. The smallest absolute Gasteiger partial charge is 0.0166 e. The van der Waals surface area contributed by atoms with Crippen LogP contribution in [0.1, 0.15) is 51.9 Å². The van der Waals surface area contributed by atoms with Crippen LogP contribution in [0.25, 0.3) is 0 Å². The van der Waals surface area contributed by atoms with Gasteiger partial charge in [-0.3, -0.25) is 0 Å². The SMILES string of the molecule is CC(C1CC1)N(C)CCC1(N)CCCC1. The van der Waals surface area contributed by atoms with Crippen molar-refractivity contribution in [2.45, 2.75) is 63.5 Å². The molecule has 2 N–H and O–H groups in total. The molecule has 0 aromatic heterocycles. The predicted molar refractivity (Wildman–Crippen MR) is 64.8 cm³/mol. The average Bonchev–Trinajstić information content (AvgIpc) is 2.98. The third-order valence-corrected chi connectivity index (χ3v) is 4.56. The van der Waals surface area contributed by atoms with E-state index < -0.39 is 0 Å². The van der Waals surface area contributed by atoms with Crippen LogP contribution in [0, 0.1) is 5.92 Å². The lowest BCUT2D eigenvalue weighted by Crippen LogP contribution is -2.42. The van der Waals surface area contributed by atoms with E-state index in [0.717, 1.165) is 12.0 Å². The molecule has 2 aliphatic rings. The fraction of sp³-hybridized carbons (Fsp3) is 1.00. The monoisotopic (exact) mass is 210 g/mol. The highest BCUT2D eigenvalue weighted by Gasteiger charge is 2.33. The van der Waals surface area contributed by atoms with E-state index in [9.17, 15) is 0 Å². The molecule has 2 nitrogen and oxygen atoms in total. The zero-order chi connectivity index (χ0) is 10.9. The van der Waals surface area contributed by atoms with Crippen molar-refractivity contribution in [2.75, 3.05) is 13.6 Å². The first kappa shape index (κ1) is 11.4. The summed E-state index contributed by atoms with van der Waals surface area (Å²) < 4.78 is 0. The summed E-state index contributed by atoms with van der Waals surface area (Å²) in [5.74, 6) is 0.979. The molecule has 0 bridgehead atoms. The number of hydrogen-bond acceptors (Lipinski definition) is 2. The lowest BCUT2D eigenvalue weighted by molar-refractivity contribution is 0.209. The van der Waals surface area contributed by atoms with Gasteiger partial charge < -0.3 is 10.6 Å². The molecule has 2 saturated carbocycles. The summed E-state index contributed by atoms with van der Waals surface area (Å²) >= 11 is 0. The van der Waals surface area contributed by atoms with Crippen LogP contribution in [-0.2, 0) is 0 Å². The standard InChI is InChI=1S/C13H26N2/c1-11(12-5-6-12)15(2)10-9-13(14)7-3-4-8-13/h11-12H,3-10,14H2,1-2H3. The minimum absolute atomic E-state index is 0.178. The Morgan fingerprint density at radius 2 is 1.93 bits per heavy atom. The van der Waals surface area contributed by atoms with E-state index in [1.165, 1.54) is 51.5 Å². The van der Waals surface area contributed by atoms with E-state index in [1.54, 1.807) is 0 Å². The fourth-order valence-corrected chi connectivity index (χ4v) is 2.87. The highest BCUT2D eigenvalue weighted by atomic mass is 15.1. The first-order valence-electron chi connectivity index (χ1n) is 6.60. The first-order chi connectivity index (χ1) is 7.11. The normalized spacial score (nSPS) is 27.2. The minimum Gasteiger partial charge on any atom is -0.325 e. The van der Waals surface area contributed by atoms with Gasteiger partial charge >= 0.3 is 0 Å². The van der Waals surface area contributed by atoms with Crippen LogP contribution in [0.3, 0.4) is 0 Å². The molecule has 2 rings (SSSR count). The number of nitrogens with two attached hydrogens (primary N) is 1. The molecule has 1 atom stereocenters. The van der Waals surface area contributed by atoms with E-state index >= 15 is 0 Å². The molecule has 2 heteroatoms. The van der Waals surface area contributed by atoms with E-state index in [2.05, 4.69) is 18.9 Å². The van der Waals surface area contributed by atoms with E-state index in [0.29, 0.717) is 0 Å². The zero-order valence-corrected chi connectivity index (χ0v) is 10.3. The molecule has 2 aliphatic carbocycles. The topological polar surface area (TPSA) is 29.3 Å². The Balaban J connectivity index is 1.71. The van der Waals surface area contributed by atoms with Crippen molar-refractivity contribution in [3.63, 3.8) is 0 Å². The van der Waals surface area contributed by atoms with Gasteiger partial charge in [-0.1, -0.05) is 12.8 Å². The van der Waals surface area contributed by atoms with Gasteiger partial charge in [0.15, 0.2) is 0 Å². The Morgan fingerprint density at radius 1 is 1.33 bits per heavy atom. The maximum absolute atomic E-state index is 6.37.